The number of hydrogen-bond donors (Lipinski definition) is 1. The summed E-state index contributed by atoms with van der Waals surface area (Å²) in [5, 5.41) is 10.1. The lowest BCUT2D eigenvalue weighted by Crippen LogP contribution is -2.63. The molecular formula is C13H18FNO. The van der Waals surface area contributed by atoms with E-state index in [1.165, 1.54) is 6.07 Å². The highest BCUT2D eigenvalue weighted by atomic mass is 19.1. The van der Waals surface area contributed by atoms with Crippen molar-refractivity contribution in [2.24, 2.45) is 5.92 Å². The third kappa shape index (κ3) is 2.11. The summed E-state index contributed by atoms with van der Waals surface area (Å²) in [7, 11) is 0. The summed E-state index contributed by atoms with van der Waals surface area (Å²) in [5.41, 5.74) is 0.124. The number of benzene rings is 1. The van der Waals surface area contributed by atoms with E-state index in [-0.39, 0.29) is 11.7 Å². The summed E-state index contributed by atoms with van der Waals surface area (Å²) >= 11 is 0. The first-order chi connectivity index (χ1) is 7.51. The molecular weight excluding hydrogens is 205 g/mol. The number of nitrogens with zero attached hydrogens (tertiary/aromatic N) is 1. The van der Waals surface area contributed by atoms with Gasteiger partial charge in [0.1, 0.15) is 5.82 Å². The van der Waals surface area contributed by atoms with Gasteiger partial charge in [-0.25, -0.2) is 4.39 Å². The average molecular weight is 223 g/mol. The van der Waals surface area contributed by atoms with E-state index in [4.69, 9.17) is 0 Å². The number of rotatable bonds is 3. The maximum Gasteiger partial charge on any atom is 0.127 e. The van der Waals surface area contributed by atoms with Crippen molar-refractivity contribution in [2.45, 2.75) is 26.0 Å². The maximum atomic E-state index is 13.4. The van der Waals surface area contributed by atoms with Crippen LogP contribution in [0.25, 0.3) is 0 Å². The highest BCUT2D eigenvalue weighted by Crippen LogP contribution is 2.29. The van der Waals surface area contributed by atoms with Crippen molar-refractivity contribution in [2.75, 3.05) is 13.1 Å². The van der Waals surface area contributed by atoms with E-state index >= 15 is 0 Å². The summed E-state index contributed by atoms with van der Waals surface area (Å²) < 4.78 is 13.4. The van der Waals surface area contributed by atoms with Gasteiger partial charge in [-0.15, -0.1) is 0 Å². The molecule has 0 unspecified atom stereocenters. The lowest BCUT2D eigenvalue weighted by Gasteiger charge is -2.49. The Kier molecular flexibility index (Phi) is 3.00. The normalized spacial score (nSPS) is 19.8. The third-order valence-electron chi connectivity index (χ3n) is 3.42. The SMILES string of the molecule is CC(C)C1(O)CN(Cc2ccccc2F)C1. The van der Waals surface area contributed by atoms with E-state index < -0.39 is 5.60 Å². The molecule has 0 radical (unpaired) electrons. The minimum absolute atomic E-state index is 0.164. The van der Waals surface area contributed by atoms with Gasteiger partial charge >= 0.3 is 0 Å². The molecule has 0 saturated carbocycles. The molecule has 1 N–H and O–H groups in total. The van der Waals surface area contributed by atoms with E-state index in [9.17, 15) is 9.50 Å². The minimum Gasteiger partial charge on any atom is -0.387 e. The predicted molar refractivity (Wildman–Crippen MR) is 61.5 cm³/mol. The number of β-amino-alcohol motifs (C(OH)–C–C–N with tert-alkyl or cyclic N) is 1. The molecule has 1 aliphatic rings. The van der Waals surface area contributed by atoms with Crippen molar-refractivity contribution in [1.82, 2.24) is 4.90 Å². The summed E-state index contributed by atoms with van der Waals surface area (Å²) in [4.78, 5) is 2.07. The molecule has 3 heteroatoms. The molecule has 2 nitrogen and oxygen atoms in total. The van der Waals surface area contributed by atoms with E-state index in [1.807, 2.05) is 19.9 Å². The molecule has 0 amide bonds. The van der Waals surface area contributed by atoms with Gasteiger partial charge in [0.15, 0.2) is 0 Å². The van der Waals surface area contributed by atoms with Crippen molar-refractivity contribution >= 4 is 0 Å². The van der Waals surface area contributed by atoms with E-state index in [0.29, 0.717) is 25.2 Å². The Labute approximate surface area is 95.7 Å². The molecule has 0 aromatic heterocycles. The number of likely N-dealkylation sites (tertiary alicyclic amines) is 1. The maximum absolute atomic E-state index is 13.4. The van der Waals surface area contributed by atoms with Gasteiger partial charge in [-0.2, -0.15) is 0 Å². The van der Waals surface area contributed by atoms with Crippen LogP contribution in [0.2, 0.25) is 0 Å². The molecule has 0 atom stereocenters. The molecule has 1 saturated heterocycles. The fraction of sp³-hybridized carbons (Fsp3) is 0.538. The average Bonchev–Trinajstić information content (AvgIpc) is 2.18. The first kappa shape index (κ1) is 11.6. The van der Waals surface area contributed by atoms with Gasteiger partial charge in [-0.05, 0) is 12.0 Å². The molecule has 0 aliphatic carbocycles. The van der Waals surface area contributed by atoms with Crippen LogP contribution in [-0.4, -0.2) is 28.7 Å². The number of halogens is 1. The van der Waals surface area contributed by atoms with Crippen LogP contribution in [-0.2, 0) is 6.54 Å². The lowest BCUT2D eigenvalue weighted by molar-refractivity contribution is -0.131. The van der Waals surface area contributed by atoms with Crippen LogP contribution < -0.4 is 0 Å². The predicted octanol–water partition coefficient (Wildman–Crippen LogP) is 2.03. The highest BCUT2D eigenvalue weighted by Gasteiger charge is 2.43. The van der Waals surface area contributed by atoms with Crippen LogP contribution in [0.4, 0.5) is 4.39 Å². The zero-order valence-electron chi connectivity index (χ0n) is 9.78. The van der Waals surface area contributed by atoms with Gasteiger partial charge < -0.3 is 5.11 Å². The number of aliphatic hydroxyl groups is 1. The quantitative estimate of drug-likeness (QED) is 0.847. The van der Waals surface area contributed by atoms with E-state index in [1.54, 1.807) is 12.1 Å². The Morgan fingerprint density at radius 2 is 2.00 bits per heavy atom. The van der Waals surface area contributed by atoms with Crippen molar-refractivity contribution in [3.8, 4) is 0 Å². The fourth-order valence-electron chi connectivity index (χ4n) is 2.07. The van der Waals surface area contributed by atoms with E-state index in [2.05, 4.69) is 4.90 Å². The summed E-state index contributed by atoms with van der Waals surface area (Å²) in [6.07, 6.45) is 0. The van der Waals surface area contributed by atoms with Gasteiger partial charge in [-0.3, -0.25) is 4.90 Å². The van der Waals surface area contributed by atoms with Crippen molar-refractivity contribution in [3.05, 3.63) is 35.6 Å². The Morgan fingerprint density at radius 3 is 2.56 bits per heavy atom. The zero-order valence-corrected chi connectivity index (χ0v) is 9.78. The number of hydrogen-bond acceptors (Lipinski definition) is 2. The van der Waals surface area contributed by atoms with Crippen molar-refractivity contribution in [1.29, 1.82) is 0 Å². The monoisotopic (exact) mass is 223 g/mol. The van der Waals surface area contributed by atoms with Gasteiger partial charge in [-0.1, -0.05) is 32.0 Å². The van der Waals surface area contributed by atoms with Gasteiger partial charge in [0.2, 0.25) is 0 Å². The fourth-order valence-corrected chi connectivity index (χ4v) is 2.07. The highest BCUT2D eigenvalue weighted by molar-refractivity contribution is 5.18. The first-order valence-electron chi connectivity index (χ1n) is 5.69. The molecule has 0 bridgehead atoms. The third-order valence-corrected chi connectivity index (χ3v) is 3.42. The second kappa shape index (κ2) is 4.15. The topological polar surface area (TPSA) is 23.5 Å². The minimum atomic E-state index is -0.578. The van der Waals surface area contributed by atoms with Gasteiger partial charge in [0.25, 0.3) is 0 Å². The van der Waals surface area contributed by atoms with Crippen LogP contribution in [0.3, 0.4) is 0 Å². The molecule has 2 rings (SSSR count). The molecule has 1 aromatic rings. The van der Waals surface area contributed by atoms with Crippen LogP contribution in [0.5, 0.6) is 0 Å². The Morgan fingerprint density at radius 1 is 1.38 bits per heavy atom. The van der Waals surface area contributed by atoms with Crippen LogP contribution in [0.15, 0.2) is 24.3 Å². The Bertz CT molecular complexity index is 372. The molecule has 0 spiro atoms. The first-order valence-corrected chi connectivity index (χ1v) is 5.69. The molecule has 1 heterocycles. The van der Waals surface area contributed by atoms with Crippen molar-refractivity contribution < 1.29 is 9.50 Å². The smallest absolute Gasteiger partial charge is 0.127 e. The van der Waals surface area contributed by atoms with Gasteiger partial charge in [0, 0.05) is 25.2 Å². The summed E-state index contributed by atoms with van der Waals surface area (Å²) in [5.74, 6) is 0.0897. The lowest BCUT2D eigenvalue weighted by atomic mass is 9.83. The Hall–Kier alpha value is -0.930. The summed E-state index contributed by atoms with van der Waals surface area (Å²) in [6, 6.07) is 6.80. The van der Waals surface area contributed by atoms with E-state index in [0.717, 1.165) is 0 Å². The zero-order chi connectivity index (χ0) is 11.8. The largest absolute Gasteiger partial charge is 0.387 e. The second-order valence-electron chi connectivity index (χ2n) is 4.99. The summed E-state index contributed by atoms with van der Waals surface area (Å²) in [6.45, 7) is 5.89. The molecule has 1 aromatic carbocycles. The molecule has 16 heavy (non-hydrogen) atoms. The second-order valence-corrected chi connectivity index (χ2v) is 4.99. The molecule has 88 valence electrons. The van der Waals surface area contributed by atoms with Crippen LogP contribution >= 0.6 is 0 Å². The van der Waals surface area contributed by atoms with Gasteiger partial charge in [0.05, 0.1) is 5.60 Å². The van der Waals surface area contributed by atoms with Crippen LogP contribution in [0, 0.1) is 11.7 Å². The molecule has 1 aliphatic heterocycles. The standard InChI is InChI=1S/C13H18FNO/c1-10(2)13(16)8-15(9-13)7-11-5-3-4-6-12(11)14/h3-6,10,16H,7-9H2,1-2H3. The van der Waals surface area contributed by atoms with Crippen LogP contribution in [0.1, 0.15) is 19.4 Å². The van der Waals surface area contributed by atoms with Crippen molar-refractivity contribution in [3.63, 3.8) is 0 Å². The molecule has 1 fully saturated rings. The Balaban J connectivity index is 1.93.